The van der Waals surface area contributed by atoms with Crippen LogP contribution in [0.3, 0.4) is 0 Å². The molecule has 0 amide bonds. The fourth-order valence-corrected chi connectivity index (χ4v) is 1.88. The summed E-state index contributed by atoms with van der Waals surface area (Å²) < 4.78 is 6.27. The van der Waals surface area contributed by atoms with Crippen molar-refractivity contribution in [2.75, 3.05) is 14.2 Å². The third kappa shape index (κ3) is 4.03. The number of ether oxygens (including phenoxy) is 1. The van der Waals surface area contributed by atoms with Crippen molar-refractivity contribution in [1.82, 2.24) is 4.90 Å². The molecule has 1 aromatic rings. The molecule has 1 atom stereocenters. The van der Waals surface area contributed by atoms with Gasteiger partial charge in [0.2, 0.25) is 0 Å². The molecule has 0 N–H and O–H groups in total. The van der Waals surface area contributed by atoms with E-state index in [1.54, 1.807) is 7.11 Å². The number of nitrogens with zero attached hydrogens (tertiary/aromatic N) is 2. The third-order valence-corrected chi connectivity index (χ3v) is 3.59. The van der Waals surface area contributed by atoms with Gasteiger partial charge in [-0.25, -0.2) is 0 Å². The predicted molar refractivity (Wildman–Crippen MR) is 71.9 cm³/mol. The van der Waals surface area contributed by atoms with Gasteiger partial charge >= 0.3 is 0 Å². The minimum absolute atomic E-state index is 0.248. The Morgan fingerprint density at radius 1 is 1.53 bits per heavy atom. The van der Waals surface area contributed by atoms with Gasteiger partial charge in [0.25, 0.3) is 0 Å². The van der Waals surface area contributed by atoms with Crippen molar-refractivity contribution in [2.45, 2.75) is 25.9 Å². The summed E-state index contributed by atoms with van der Waals surface area (Å²) in [6.45, 7) is 2.85. The first-order valence-corrected chi connectivity index (χ1v) is 6.27. The molecule has 0 fully saturated rings. The maximum Gasteiger partial charge on any atom is 0.119 e. The quantitative estimate of drug-likeness (QED) is 0.837. The molecule has 0 aliphatic heterocycles. The van der Waals surface area contributed by atoms with Gasteiger partial charge in [0.05, 0.1) is 19.6 Å². The average molecular weight is 297 g/mol. The summed E-state index contributed by atoms with van der Waals surface area (Å²) in [5.41, 5.74) is 1.16. The molecule has 0 radical (unpaired) electrons. The average Bonchev–Trinajstić information content (AvgIpc) is 2.32. The van der Waals surface area contributed by atoms with Gasteiger partial charge in [-0.05, 0) is 37.7 Å². The van der Waals surface area contributed by atoms with Crippen LogP contribution in [0.25, 0.3) is 0 Å². The summed E-state index contributed by atoms with van der Waals surface area (Å²) in [4.78, 5) is 2.16. The van der Waals surface area contributed by atoms with Crippen LogP contribution in [-0.4, -0.2) is 25.1 Å². The number of methoxy groups -OCH3 is 1. The van der Waals surface area contributed by atoms with Crippen molar-refractivity contribution < 1.29 is 4.74 Å². The van der Waals surface area contributed by atoms with E-state index >= 15 is 0 Å². The topological polar surface area (TPSA) is 36.3 Å². The Kier molecular flexibility index (Phi) is 5.46. The first kappa shape index (κ1) is 14.0. The Morgan fingerprint density at radius 2 is 2.24 bits per heavy atom. The number of halogens is 1. The summed E-state index contributed by atoms with van der Waals surface area (Å²) in [5, 5.41) is 8.68. The van der Waals surface area contributed by atoms with Crippen molar-refractivity contribution in [3.8, 4) is 11.8 Å². The number of hydrogen-bond acceptors (Lipinski definition) is 3. The molecule has 0 bridgehead atoms. The molecule has 1 rings (SSSR count). The Hall–Kier alpha value is -1.05. The monoisotopic (exact) mass is 296 g/mol. The van der Waals surface area contributed by atoms with Crippen LogP contribution in [-0.2, 0) is 6.54 Å². The van der Waals surface area contributed by atoms with Gasteiger partial charge in [-0.2, -0.15) is 5.26 Å². The van der Waals surface area contributed by atoms with Crippen molar-refractivity contribution in [3.05, 3.63) is 28.2 Å². The van der Waals surface area contributed by atoms with Gasteiger partial charge in [-0.15, -0.1) is 0 Å². The summed E-state index contributed by atoms with van der Waals surface area (Å²) in [6.07, 6.45) is 0.540. The molecule has 0 aromatic heterocycles. The molecule has 0 spiro atoms. The molecule has 0 saturated carbocycles. The summed E-state index contributed by atoms with van der Waals surface area (Å²) >= 11 is 3.53. The van der Waals surface area contributed by atoms with Crippen LogP contribution in [0.15, 0.2) is 22.7 Å². The normalized spacial score (nSPS) is 12.2. The molecule has 0 heterocycles. The molecule has 1 unspecified atom stereocenters. The zero-order valence-corrected chi connectivity index (χ0v) is 12.0. The van der Waals surface area contributed by atoms with Crippen LogP contribution < -0.4 is 4.74 Å². The lowest BCUT2D eigenvalue weighted by Gasteiger charge is -2.23. The minimum Gasteiger partial charge on any atom is -0.497 e. The molecule has 0 aliphatic rings. The summed E-state index contributed by atoms with van der Waals surface area (Å²) in [7, 11) is 3.68. The highest BCUT2D eigenvalue weighted by molar-refractivity contribution is 9.10. The lowest BCUT2D eigenvalue weighted by Crippen LogP contribution is -2.28. The smallest absolute Gasteiger partial charge is 0.119 e. The van der Waals surface area contributed by atoms with Crippen molar-refractivity contribution in [3.63, 3.8) is 0 Å². The fraction of sp³-hybridized carbons (Fsp3) is 0.462. The van der Waals surface area contributed by atoms with Gasteiger partial charge in [0, 0.05) is 17.1 Å². The minimum atomic E-state index is 0.248. The standard InChI is InChI=1S/C13H17BrN2O/c1-10(6-7-15)16(2)9-11-8-12(17-3)4-5-13(11)14/h4-5,8,10H,6,9H2,1-3H3. The van der Waals surface area contributed by atoms with E-state index in [9.17, 15) is 0 Å². The number of benzene rings is 1. The molecule has 4 heteroatoms. The second-order valence-electron chi connectivity index (χ2n) is 4.08. The van der Waals surface area contributed by atoms with E-state index in [0.717, 1.165) is 22.3 Å². The third-order valence-electron chi connectivity index (χ3n) is 2.81. The fourth-order valence-electron chi connectivity index (χ4n) is 1.51. The molecule has 1 aromatic carbocycles. The maximum absolute atomic E-state index is 8.68. The van der Waals surface area contributed by atoms with Crippen molar-refractivity contribution in [1.29, 1.82) is 5.26 Å². The lowest BCUT2D eigenvalue weighted by molar-refractivity contribution is 0.251. The highest BCUT2D eigenvalue weighted by atomic mass is 79.9. The lowest BCUT2D eigenvalue weighted by atomic mass is 10.1. The van der Waals surface area contributed by atoms with Crippen LogP contribution >= 0.6 is 15.9 Å². The molecule has 0 saturated heterocycles. The summed E-state index contributed by atoms with van der Waals surface area (Å²) in [5.74, 6) is 0.851. The zero-order chi connectivity index (χ0) is 12.8. The van der Waals surface area contributed by atoms with Crippen LogP contribution in [0.1, 0.15) is 18.9 Å². The second kappa shape index (κ2) is 6.63. The SMILES string of the molecule is COc1ccc(Br)c(CN(C)C(C)CC#N)c1. The van der Waals surface area contributed by atoms with Gasteiger partial charge in [0.1, 0.15) is 5.75 Å². The highest BCUT2D eigenvalue weighted by Crippen LogP contribution is 2.24. The maximum atomic E-state index is 8.68. The van der Waals surface area contributed by atoms with Gasteiger partial charge in [-0.3, -0.25) is 4.90 Å². The molecule has 3 nitrogen and oxygen atoms in total. The van der Waals surface area contributed by atoms with E-state index < -0.39 is 0 Å². The van der Waals surface area contributed by atoms with E-state index in [1.807, 2.05) is 25.2 Å². The Morgan fingerprint density at radius 3 is 2.82 bits per heavy atom. The number of nitriles is 1. The Labute approximate surface area is 111 Å². The Balaban J connectivity index is 2.77. The van der Waals surface area contributed by atoms with Gasteiger partial charge in [0.15, 0.2) is 0 Å². The van der Waals surface area contributed by atoms with E-state index in [0.29, 0.717) is 6.42 Å². The zero-order valence-electron chi connectivity index (χ0n) is 10.4. The largest absolute Gasteiger partial charge is 0.497 e. The highest BCUT2D eigenvalue weighted by Gasteiger charge is 2.11. The first-order chi connectivity index (χ1) is 8.08. The summed E-state index contributed by atoms with van der Waals surface area (Å²) in [6, 6.07) is 8.36. The molecule has 92 valence electrons. The molecular formula is C13H17BrN2O. The second-order valence-corrected chi connectivity index (χ2v) is 4.94. The van der Waals surface area contributed by atoms with E-state index in [-0.39, 0.29) is 6.04 Å². The molecule has 0 aliphatic carbocycles. The van der Waals surface area contributed by atoms with Crippen molar-refractivity contribution >= 4 is 15.9 Å². The van der Waals surface area contributed by atoms with Crippen LogP contribution in [0.5, 0.6) is 5.75 Å². The van der Waals surface area contributed by atoms with E-state index in [2.05, 4.69) is 33.8 Å². The van der Waals surface area contributed by atoms with Crippen LogP contribution in [0.4, 0.5) is 0 Å². The van der Waals surface area contributed by atoms with Crippen molar-refractivity contribution in [2.24, 2.45) is 0 Å². The van der Waals surface area contributed by atoms with E-state index in [1.165, 1.54) is 0 Å². The molecular weight excluding hydrogens is 280 g/mol. The molecule has 17 heavy (non-hydrogen) atoms. The first-order valence-electron chi connectivity index (χ1n) is 5.48. The van der Waals surface area contributed by atoms with Crippen LogP contribution in [0.2, 0.25) is 0 Å². The number of hydrogen-bond donors (Lipinski definition) is 0. The van der Waals surface area contributed by atoms with E-state index in [4.69, 9.17) is 10.00 Å². The predicted octanol–water partition coefficient (Wildman–Crippen LogP) is 3.19. The van der Waals surface area contributed by atoms with Gasteiger partial charge < -0.3 is 4.74 Å². The van der Waals surface area contributed by atoms with Gasteiger partial charge in [-0.1, -0.05) is 15.9 Å². The Bertz CT molecular complexity index is 414. The number of rotatable bonds is 5. The van der Waals surface area contributed by atoms with Crippen LogP contribution in [0, 0.1) is 11.3 Å².